The van der Waals surface area contributed by atoms with E-state index in [2.05, 4.69) is 16.5 Å². The van der Waals surface area contributed by atoms with Gasteiger partial charge in [-0.05, 0) is 30.7 Å². The van der Waals surface area contributed by atoms with Crippen molar-refractivity contribution in [2.45, 2.75) is 18.4 Å². The van der Waals surface area contributed by atoms with Gasteiger partial charge in [0.1, 0.15) is 11.5 Å². The van der Waals surface area contributed by atoms with Crippen LogP contribution in [-0.2, 0) is 21.2 Å². The summed E-state index contributed by atoms with van der Waals surface area (Å²) in [5, 5.41) is 15.7. The first-order valence-corrected chi connectivity index (χ1v) is 11.0. The SMILES string of the molecule is Cc1cc(NC(=O)CS(=O)(=O)c2cn(Cc3cccc(C#N)c3)c3ccccc23)no1. The van der Waals surface area contributed by atoms with Crippen molar-refractivity contribution >= 4 is 32.5 Å². The number of hydrogen-bond acceptors (Lipinski definition) is 6. The Morgan fingerprint density at radius 2 is 2.00 bits per heavy atom. The van der Waals surface area contributed by atoms with E-state index in [9.17, 15) is 13.2 Å². The van der Waals surface area contributed by atoms with E-state index in [0.29, 0.717) is 23.3 Å². The number of anilines is 1. The summed E-state index contributed by atoms with van der Waals surface area (Å²) in [5.41, 5.74) is 2.11. The summed E-state index contributed by atoms with van der Waals surface area (Å²) >= 11 is 0. The van der Waals surface area contributed by atoms with Crippen molar-refractivity contribution in [1.29, 1.82) is 5.26 Å². The van der Waals surface area contributed by atoms with Gasteiger partial charge in [-0.3, -0.25) is 4.79 Å². The highest BCUT2D eigenvalue weighted by atomic mass is 32.2. The Morgan fingerprint density at radius 1 is 1.19 bits per heavy atom. The lowest BCUT2D eigenvalue weighted by atomic mass is 10.1. The number of hydrogen-bond donors (Lipinski definition) is 1. The van der Waals surface area contributed by atoms with Gasteiger partial charge in [-0.25, -0.2) is 8.42 Å². The fraction of sp³-hybridized carbons (Fsp3) is 0.136. The van der Waals surface area contributed by atoms with Crippen molar-refractivity contribution < 1.29 is 17.7 Å². The topological polar surface area (TPSA) is 118 Å². The van der Waals surface area contributed by atoms with Gasteiger partial charge in [0.15, 0.2) is 15.7 Å². The number of amides is 1. The van der Waals surface area contributed by atoms with Gasteiger partial charge in [0.2, 0.25) is 5.91 Å². The molecule has 0 spiro atoms. The van der Waals surface area contributed by atoms with Crippen LogP contribution in [0.1, 0.15) is 16.9 Å². The molecule has 2 heterocycles. The van der Waals surface area contributed by atoms with Crippen molar-refractivity contribution in [2.24, 2.45) is 0 Å². The number of carbonyl (C=O) groups is 1. The number of rotatable bonds is 6. The maximum absolute atomic E-state index is 13.1. The molecule has 0 aliphatic carbocycles. The van der Waals surface area contributed by atoms with Crippen LogP contribution in [-0.4, -0.2) is 29.8 Å². The lowest BCUT2D eigenvalue weighted by Gasteiger charge is -2.05. The van der Waals surface area contributed by atoms with Crippen molar-refractivity contribution in [3.63, 3.8) is 0 Å². The van der Waals surface area contributed by atoms with Gasteiger partial charge < -0.3 is 14.4 Å². The summed E-state index contributed by atoms with van der Waals surface area (Å²) in [4.78, 5) is 12.4. The molecule has 0 aliphatic heterocycles. The van der Waals surface area contributed by atoms with E-state index >= 15 is 0 Å². The first-order chi connectivity index (χ1) is 14.9. The van der Waals surface area contributed by atoms with Gasteiger partial charge in [-0.1, -0.05) is 35.5 Å². The fourth-order valence-corrected chi connectivity index (χ4v) is 4.75. The van der Waals surface area contributed by atoms with Gasteiger partial charge >= 0.3 is 0 Å². The molecule has 1 N–H and O–H groups in total. The Balaban J connectivity index is 1.65. The number of fused-ring (bicyclic) bond motifs is 1. The summed E-state index contributed by atoms with van der Waals surface area (Å²) in [6.07, 6.45) is 1.53. The van der Waals surface area contributed by atoms with Gasteiger partial charge in [0, 0.05) is 29.7 Å². The molecular weight excluding hydrogens is 416 g/mol. The highest BCUT2D eigenvalue weighted by molar-refractivity contribution is 7.92. The lowest BCUT2D eigenvalue weighted by Crippen LogP contribution is -2.23. The monoisotopic (exact) mass is 434 g/mol. The summed E-state index contributed by atoms with van der Waals surface area (Å²) < 4.78 is 32.8. The lowest BCUT2D eigenvalue weighted by molar-refractivity contribution is -0.113. The van der Waals surface area contributed by atoms with E-state index in [0.717, 1.165) is 11.1 Å². The second-order valence-electron chi connectivity index (χ2n) is 7.08. The Kier molecular flexibility index (Phi) is 5.31. The molecule has 0 saturated heterocycles. The quantitative estimate of drug-likeness (QED) is 0.498. The van der Waals surface area contributed by atoms with Crippen molar-refractivity contribution in [2.75, 3.05) is 11.1 Å². The molecule has 1 amide bonds. The van der Waals surface area contributed by atoms with Crippen LogP contribution in [0.2, 0.25) is 0 Å². The molecule has 8 nitrogen and oxygen atoms in total. The average molecular weight is 434 g/mol. The van der Waals surface area contributed by atoms with E-state index in [1.807, 2.05) is 18.2 Å². The molecule has 31 heavy (non-hydrogen) atoms. The minimum Gasteiger partial charge on any atom is -0.360 e. The molecule has 4 aromatic rings. The second-order valence-corrected chi connectivity index (χ2v) is 9.04. The fourth-order valence-electron chi connectivity index (χ4n) is 3.38. The van der Waals surface area contributed by atoms with Crippen LogP contribution in [0.25, 0.3) is 10.9 Å². The van der Waals surface area contributed by atoms with Crippen LogP contribution in [0.15, 0.2) is 70.2 Å². The molecule has 0 fully saturated rings. The van der Waals surface area contributed by atoms with Crippen LogP contribution in [0.4, 0.5) is 5.82 Å². The van der Waals surface area contributed by atoms with E-state index < -0.39 is 21.5 Å². The van der Waals surface area contributed by atoms with Crippen molar-refractivity contribution in [1.82, 2.24) is 9.72 Å². The molecule has 2 aromatic carbocycles. The third-order valence-corrected chi connectivity index (χ3v) is 6.35. The highest BCUT2D eigenvalue weighted by Gasteiger charge is 2.25. The number of benzene rings is 2. The molecule has 0 unspecified atom stereocenters. The Hall–Kier alpha value is -3.90. The predicted molar refractivity (Wildman–Crippen MR) is 114 cm³/mol. The maximum Gasteiger partial charge on any atom is 0.241 e. The standard InChI is InChI=1S/C22H18N4O4S/c1-15-9-21(25-30-15)24-22(27)14-31(28,29)20-13-26(19-8-3-2-7-18(19)20)12-17-6-4-5-16(10-17)11-23/h2-10,13H,12,14H2,1H3,(H,24,25,27). The first-order valence-electron chi connectivity index (χ1n) is 9.38. The number of nitrogens with zero attached hydrogens (tertiary/aromatic N) is 3. The predicted octanol–water partition coefficient (Wildman–Crippen LogP) is 3.27. The van der Waals surface area contributed by atoms with E-state index in [4.69, 9.17) is 9.78 Å². The van der Waals surface area contributed by atoms with E-state index in [1.165, 1.54) is 12.3 Å². The number of nitriles is 1. The van der Waals surface area contributed by atoms with E-state index in [1.54, 1.807) is 41.8 Å². The normalized spacial score (nSPS) is 11.4. The van der Waals surface area contributed by atoms with Gasteiger partial charge in [-0.2, -0.15) is 5.26 Å². The van der Waals surface area contributed by atoms with Crippen molar-refractivity contribution in [3.05, 3.63) is 77.7 Å². The molecule has 0 atom stereocenters. The molecule has 2 aromatic heterocycles. The van der Waals surface area contributed by atoms with Crippen LogP contribution in [0.5, 0.6) is 0 Å². The number of nitrogens with one attached hydrogen (secondary N) is 1. The largest absolute Gasteiger partial charge is 0.360 e. The van der Waals surface area contributed by atoms with Gasteiger partial charge in [0.25, 0.3) is 0 Å². The van der Waals surface area contributed by atoms with Gasteiger partial charge in [0.05, 0.1) is 16.5 Å². The molecule has 156 valence electrons. The molecule has 9 heteroatoms. The zero-order chi connectivity index (χ0) is 22.0. The Morgan fingerprint density at radius 3 is 2.74 bits per heavy atom. The van der Waals surface area contributed by atoms with Crippen LogP contribution in [0.3, 0.4) is 0 Å². The first kappa shape index (κ1) is 20.4. The molecule has 0 saturated carbocycles. The number of carbonyl (C=O) groups excluding carboxylic acids is 1. The number of aromatic nitrogens is 2. The summed E-state index contributed by atoms with van der Waals surface area (Å²) in [6.45, 7) is 2.05. The molecule has 0 aliphatic rings. The number of para-hydroxylation sites is 1. The summed E-state index contributed by atoms with van der Waals surface area (Å²) in [7, 11) is -3.93. The van der Waals surface area contributed by atoms with Crippen LogP contribution < -0.4 is 5.32 Å². The van der Waals surface area contributed by atoms with Gasteiger partial charge in [-0.15, -0.1) is 0 Å². The average Bonchev–Trinajstić information content (AvgIpc) is 3.31. The summed E-state index contributed by atoms with van der Waals surface area (Å²) in [6, 6.07) is 17.8. The molecular formula is C22H18N4O4S. The molecule has 0 bridgehead atoms. The minimum absolute atomic E-state index is 0.0750. The number of sulfone groups is 1. The third kappa shape index (κ3) is 4.34. The third-order valence-electron chi connectivity index (χ3n) is 4.71. The zero-order valence-electron chi connectivity index (χ0n) is 16.6. The van der Waals surface area contributed by atoms with Crippen LogP contribution >= 0.6 is 0 Å². The number of aryl methyl sites for hydroxylation is 1. The maximum atomic E-state index is 13.1. The molecule has 0 radical (unpaired) electrons. The van der Waals surface area contributed by atoms with Crippen molar-refractivity contribution in [3.8, 4) is 6.07 Å². The van der Waals surface area contributed by atoms with Crippen LogP contribution in [0, 0.1) is 18.3 Å². The Labute approximate surface area is 178 Å². The second kappa shape index (κ2) is 8.08. The highest BCUT2D eigenvalue weighted by Crippen LogP contribution is 2.27. The molecule has 4 rings (SSSR count). The van der Waals surface area contributed by atoms with E-state index in [-0.39, 0.29) is 10.7 Å². The smallest absolute Gasteiger partial charge is 0.241 e. The zero-order valence-corrected chi connectivity index (χ0v) is 17.4. The Bertz CT molecular complexity index is 1430. The summed E-state index contributed by atoms with van der Waals surface area (Å²) in [5.74, 6) is -0.761. The minimum atomic E-state index is -3.93.